The third kappa shape index (κ3) is 6.87. The SMILES string of the molecule is CCCN1CCC(CNC(=NC)NCC(c2cccs2)N2CCCC2)C1.I. The first-order valence-corrected chi connectivity index (χ1v) is 11.1. The molecule has 1 aromatic rings. The van der Waals surface area contributed by atoms with E-state index in [1.807, 2.05) is 18.4 Å². The molecule has 0 aromatic carbocycles. The lowest BCUT2D eigenvalue weighted by Crippen LogP contribution is -2.44. The lowest BCUT2D eigenvalue weighted by atomic mass is 10.1. The number of halogens is 1. The summed E-state index contributed by atoms with van der Waals surface area (Å²) in [6.45, 7) is 10.4. The van der Waals surface area contributed by atoms with Crippen LogP contribution >= 0.6 is 35.3 Å². The Hall–Kier alpha value is -0.380. The van der Waals surface area contributed by atoms with Crippen molar-refractivity contribution in [2.24, 2.45) is 10.9 Å². The minimum Gasteiger partial charge on any atom is -0.356 e. The van der Waals surface area contributed by atoms with E-state index in [0.29, 0.717) is 6.04 Å². The summed E-state index contributed by atoms with van der Waals surface area (Å²) in [5.74, 6) is 1.69. The van der Waals surface area contributed by atoms with Gasteiger partial charge in [-0.1, -0.05) is 13.0 Å². The van der Waals surface area contributed by atoms with E-state index in [9.17, 15) is 0 Å². The highest BCUT2D eigenvalue weighted by Gasteiger charge is 2.25. The van der Waals surface area contributed by atoms with Crippen LogP contribution in [0, 0.1) is 5.92 Å². The van der Waals surface area contributed by atoms with Crippen molar-refractivity contribution in [3.05, 3.63) is 22.4 Å². The van der Waals surface area contributed by atoms with Gasteiger partial charge in [-0.3, -0.25) is 9.89 Å². The highest BCUT2D eigenvalue weighted by atomic mass is 127. The number of thiophene rings is 1. The molecule has 5 nitrogen and oxygen atoms in total. The van der Waals surface area contributed by atoms with Crippen molar-refractivity contribution in [2.45, 2.75) is 38.6 Å². The maximum Gasteiger partial charge on any atom is 0.191 e. The molecule has 0 spiro atoms. The summed E-state index contributed by atoms with van der Waals surface area (Å²) in [5, 5.41) is 9.34. The Morgan fingerprint density at radius 2 is 2.11 bits per heavy atom. The maximum atomic E-state index is 4.45. The molecule has 0 amide bonds. The minimum atomic E-state index is 0. The molecule has 2 fully saturated rings. The lowest BCUT2D eigenvalue weighted by Gasteiger charge is -2.27. The van der Waals surface area contributed by atoms with Crippen molar-refractivity contribution in [1.82, 2.24) is 20.4 Å². The monoisotopic (exact) mass is 505 g/mol. The number of nitrogens with one attached hydrogen (secondary N) is 2. The van der Waals surface area contributed by atoms with E-state index in [-0.39, 0.29) is 24.0 Å². The fraction of sp³-hybridized carbons (Fsp3) is 0.750. The van der Waals surface area contributed by atoms with Gasteiger partial charge < -0.3 is 15.5 Å². The summed E-state index contributed by atoms with van der Waals surface area (Å²) in [7, 11) is 1.88. The molecule has 1 aromatic heterocycles. The van der Waals surface area contributed by atoms with Gasteiger partial charge in [0.15, 0.2) is 5.96 Å². The molecule has 0 bridgehead atoms. The van der Waals surface area contributed by atoms with E-state index >= 15 is 0 Å². The van der Waals surface area contributed by atoms with Gasteiger partial charge in [-0.15, -0.1) is 35.3 Å². The fourth-order valence-corrected chi connectivity index (χ4v) is 5.06. The second-order valence-electron chi connectivity index (χ2n) is 7.56. The number of guanidine groups is 1. The highest BCUT2D eigenvalue weighted by Crippen LogP contribution is 2.27. The first-order valence-electron chi connectivity index (χ1n) is 10.2. The topological polar surface area (TPSA) is 42.9 Å². The molecule has 2 N–H and O–H groups in total. The van der Waals surface area contributed by atoms with Crippen molar-refractivity contribution in [1.29, 1.82) is 0 Å². The molecule has 0 aliphatic carbocycles. The van der Waals surface area contributed by atoms with Gasteiger partial charge >= 0.3 is 0 Å². The Kier molecular flexibility index (Phi) is 10.4. The number of hydrogen-bond acceptors (Lipinski definition) is 4. The van der Waals surface area contributed by atoms with Crippen molar-refractivity contribution in [3.63, 3.8) is 0 Å². The summed E-state index contributed by atoms with van der Waals surface area (Å²) in [5.41, 5.74) is 0. The number of rotatable bonds is 8. The van der Waals surface area contributed by atoms with Crippen LogP contribution in [0.5, 0.6) is 0 Å². The molecule has 0 radical (unpaired) electrons. The normalized spacial score (nSPS) is 22.6. The van der Waals surface area contributed by atoms with Crippen LogP contribution in [0.4, 0.5) is 0 Å². The molecule has 7 heteroatoms. The fourth-order valence-electron chi connectivity index (χ4n) is 4.20. The summed E-state index contributed by atoms with van der Waals surface area (Å²) in [6.07, 6.45) is 5.20. The molecule has 0 saturated carbocycles. The van der Waals surface area contributed by atoms with Gasteiger partial charge in [-0.05, 0) is 69.2 Å². The van der Waals surface area contributed by atoms with Crippen LogP contribution in [0.25, 0.3) is 0 Å². The van der Waals surface area contributed by atoms with Crippen molar-refractivity contribution >= 4 is 41.3 Å². The largest absolute Gasteiger partial charge is 0.356 e. The van der Waals surface area contributed by atoms with Gasteiger partial charge in [0.2, 0.25) is 0 Å². The van der Waals surface area contributed by atoms with Crippen LogP contribution in [0.3, 0.4) is 0 Å². The van der Waals surface area contributed by atoms with Crippen molar-refractivity contribution < 1.29 is 0 Å². The number of likely N-dealkylation sites (tertiary alicyclic amines) is 2. The Balaban J connectivity index is 0.00000261. The summed E-state index contributed by atoms with van der Waals surface area (Å²) in [6, 6.07) is 4.90. The third-order valence-electron chi connectivity index (χ3n) is 5.61. The molecule has 27 heavy (non-hydrogen) atoms. The van der Waals surface area contributed by atoms with E-state index in [1.165, 1.54) is 63.3 Å². The standard InChI is InChI=1S/C20H35N5S.HI/c1-3-9-24-12-8-17(16-24)14-22-20(21-2)23-15-18(19-7-6-13-26-19)25-10-4-5-11-25;/h6-7,13,17-18H,3-5,8-12,14-16H2,1-2H3,(H2,21,22,23);1H. The quantitative estimate of drug-likeness (QED) is 0.323. The Bertz CT molecular complexity index is 545. The summed E-state index contributed by atoms with van der Waals surface area (Å²) < 4.78 is 0. The smallest absolute Gasteiger partial charge is 0.191 e. The van der Waals surface area contributed by atoms with Crippen LogP contribution in [-0.2, 0) is 0 Å². The average Bonchev–Trinajstić information content (AvgIpc) is 3.41. The van der Waals surface area contributed by atoms with Gasteiger partial charge in [-0.25, -0.2) is 0 Å². The van der Waals surface area contributed by atoms with E-state index < -0.39 is 0 Å². The molecule has 3 rings (SSSR count). The molecule has 3 heterocycles. The maximum absolute atomic E-state index is 4.45. The second-order valence-corrected chi connectivity index (χ2v) is 8.54. The zero-order chi connectivity index (χ0) is 18.2. The van der Waals surface area contributed by atoms with Crippen molar-refractivity contribution in [2.75, 3.05) is 52.9 Å². The molecule has 2 unspecified atom stereocenters. The predicted molar refractivity (Wildman–Crippen MR) is 127 cm³/mol. The van der Waals surface area contributed by atoms with Crippen LogP contribution in [0.15, 0.2) is 22.5 Å². The Morgan fingerprint density at radius 3 is 2.78 bits per heavy atom. The van der Waals surface area contributed by atoms with E-state index in [2.05, 4.69) is 49.9 Å². The zero-order valence-corrected chi connectivity index (χ0v) is 20.0. The first-order chi connectivity index (χ1) is 12.8. The lowest BCUT2D eigenvalue weighted by molar-refractivity contribution is 0.249. The van der Waals surface area contributed by atoms with Crippen molar-refractivity contribution in [3.8, 4) is 0 Å². The van der Waals surface area contributed by atoms with E-state index in [0.717, 1.165) is 25.0 Å². The number of aliphatic imine (C=N–C) groups is 1. The van der Waals surface area contributed by atoms with E-state index in [4.69, 9.17) is 0 Å². The van der Waals surface area contributed by atoms with Crippen LogP contribution in [0.2, 0.25) is 0 Å². The highest BCUT2D eigenvalue weighted by molar-refractivity contribution is 14.0. The van der Waals surface area contributed by atoms with Gasteiger partial charge in [0.05, 0.1) is 6.04 Å². The number of nitrogens with zero attached hydrogens (tertiary/aromatic N) is 3. The molecule has 154 valence electrons. The number of hydrogen-bond donors (Lipinski definition) is 2. The van der Waals surface area contributed by atoms with Crippen LogP contribution in [-0.4, -0.2) is 68.6 Å². The first kappa shape index (κ1) is 22.9. The average molecular weight is 506 g/mol. The second kappa shape index (κ2) is 12.2. The Morgan fingerprint density at radius 1 is 1.30 bits per heavy atom. The summed E-state index contributed by atoms with van der Waals surface area (Å²) in [4.78, 5) is 11.1. The van der Waals surface area contributed by atoms with Gasteiger partial charge in [0.25, 0.3) is 0 Å². The summed E-state index contributed by atoms with van der Waals surface area (Å²) >= 11 is 1.87. The molecular formula is C20H36IN5S. The predicted octanol–water partition coefficient (Wildman–Crippen LogP) is 3.40. The molecule has 2 saturated heterocycles. The van der Waals surface area contributed by atoms with E-state index in [1.54, 1.807) is 0 Å². The minimum absolute atomic E-state index is 0. The van der Waals surface area contributed by atoms with Gasteiger partial charge in [0, 0.05) is 31.6 Å². The Labute approximate surface area is 186 Å². The molecule has 2 atom stereocenters. The zero-order valence-electron chi connectivity index (χ0n) is 16.8. The van der Waals surface area contributed by atoms with Crippen LogP contribution < -0.4 is 10.6 Å². The molecule has 2 aliphatic heterocycles. The molecule has 2 aliphatic rings. The van der Waals surface area contributed by atoms with Gasteiger partial charge in [-0.2, -0.15) is 0 Å². The van der Waals surface area contributed by atoms with Crippen LogP contribution in [0.1, 0.15) is 43.5 Å². The third-order valence-corrected chi connectivity index (χ3v) is 6.58. The molecular weight excluding hydrogens is 469 g/mol. The van der Waals surface area contributed by atoms with Gasteiger partial charge in [0.1, 0.15) is 0 Å².